The zero-order valence-electron chi connectivity index (χ0n) is 4.86. The normalized spacial score (nSPS) is 18.9. The van der Waals surface area contributed by atoms with E-state index in [9.17, 15) is 0 Å². The van der Waals surface area contributed by atoms with E-state index in [0.717, 1.165) is 10.9 Å². The van der Waals surface area contributed by atoms with Gasteiger partial charge in [0.05, 0.1) is 0 Å². The average Bonchev–Trinajstić information content (AvgIpc) is 1.68. The Kier molecular flexibility index (Phi) is 3.24. The molecule has 0 aromatic heterocycles. The fraction of sp³-hybridized carbons (Fsp3) is 1.00. The Balaban J connectivity index is 3.36. The SMILES string of the molecule is CCC(C)(O)[CH2][Sn]. The van der Waals surface area contributed by atoms with E-state index in [1.165, 1.54) is 22.5 Å². The van der Waals surface area contributed by atoms with E-state index in [0.29, 0.717) is 0 Å². The van der Waals surface area contributed by atoms with E-state index in [2.05, 4.69) is 0 Å². The van der Waals surface area contributed by atoms with Gasteiger partial charge < -0.3 is 0 Å². The molecule has 0 amide bonds. The van der Waals surface area contributed by atoms with Gasteiger partial charge in [-0.15, -0.1) is 0 Å². The molecule has 0 spiro atoms. The van der Waals surface area contributed by atoms with Crippen molar-refractivity contribution in [1.82, 2.24) is 0 Å². The topological polar surface area (TPSA) is 20.2 Å². The second-order valence-corrected chi connectivity index (χ2v) is 3.04. The standard InChI is InChI=1S/C5H11O.Sn/c1-4-5(2,3)6;/h6H,2,4H2,1,3H3;. The van der Waals surface area contributed by atoms with Crippen LogP contribution < -0.4 is 0 Å². The Morgan fingerprint density at radius 2 is 2.14 bits per heavy atom. The first-order chi connectivity index (χ1) is 3.12. The molecule has 0 bridgehead atoms. The summed E-state index contributed by atoms with van der Waals surface area (Å²) in [5.41, 5.74) is -0.377. The third-order valence-corrected chi connectivity index (χ3v) is 3.32. The average molecular weight is 206 g/mol. The first-order valence-corrected chi connectivity index (χ1v) is 4.51. The van der Waals surface area contributed by atoms with Gasteiger partial charge in [0.1, 0.15) is 0 Å². The van der Waals surface area contributed by atoms with Crippen molar-refractivity contribution < 1.29 is 5.11 Å². The van der Waals surface area contributed by atoms with Crippen LogP contribution in [0.4, 0.5) is 0 Å². The van der Waals surface area contributed by atoms with Crippen molar-refractivity contribution in [3.63, 3.8) is 0 Å². The van der Waals surface area contributed by atoms with Gasteiger partial charge in [-0.2, -0.15) is 0 Å². The summed E-state index contributed by atoms with van der Waals surface area (Å²) in [6.45, 7) is 3.88. The maximum atomic E-state index is 9.15. The van der Waals surface area contributed by atoms with Crippen molar-refractivity contribution in [2.75, 3.05) is 0 Å². The molecule has 0 saturated heterocycles. The van der Waals surface area contributed by atoms with Crippen LogP contribution in [0.5, 0.6) is 0 Å². The molecule has 1 atom stereocenters. The molecule has 0 saturated carbocycles. The van der Waals surface area contributed by atoms with Crippen LogP contribution in [0.1, 0.15) is 20.3 Å². The van der Waals surface area contributed by atoms with Crippen molar-refractivity contribution >= 4 is 22.5 Å². The van der Waals surface area contributed by atoms with Gasteiger partial charge in [-0.3, -0.25) is 0 Å². The van der Waals surface area contributed by atoms with E-state index in [1.54, 1.807) is 0 Å². The molecule has 7 heavy (non-hydrogen) atoms. The Hall–Kier alpha value is 0.759. The molecule has 0 rings (SSSR count). The summed E-state index contributed by atoms with van der Waals surface area (Å²) >= 11 is 1.42. The van der Waals surface area contributed by atoms with Crippen LogP contribution in [0.25, 0.3) is 0 Å². The molecule has 0 aliphatic carbocycles. The van der Waals surface area contributed by atoms with Gasteiger partial charge in [0.25, 0.3) is 0 Å². The van der Waals surface area contributed by atoms with Gasteiger partial charge in [-0.25, -0.2) is 0 Å². The van der Waals surface area contributed by atoms with Crippen LogP contribution in [0.3, 0.4) is 0 Å². The number of rotatable bonds is 2. The summed E-state index contributed by atoms with van der Waals surface area (Å²) in [5.74, 6) is 0. The Bertz CT molecular complexity index is 46.0. The zero-order chi connectivity index (χ0) is 5.91. The first-order valence-electron chi connectivity index (χ1n) is 2.49. The van der Waals surface area contributed by atoms with Crippen molar-refractivity contribution in [2.45, 2.75) is 30.3 Å². The van der Waals surface area contributed by atoms with Crippen LogP contribution >= 0.6 is 0 Å². The predicted octanol–water partition coefficient (Wildman–Crippen LogP) is 0.734. The molecule has 1 unspecified atom stereocenters. The quantitative estimate of drug-likeness (QED) is 0.660. The van der Waals surface area contributed by atoms with Crippen molar-refractivity contribution in [3.05, 3.63) is 0 Å². The molecule has 2 heteroatoms. The second kappa shape index (κ2) is 2.92. The van der Waals surface area contributed by atoms with Crippen LogP contribution in [-0.2, 0) is 0 Å². The Morgan fingerprint density at radius 3 is 2.14 bits per heavy atom. The summed E-state index contributed by atoms with van der Waals surface area (Å²) in [6, 6.07) is 0. The molecule has 0 aliphatic rings. The van der Waals surface area contributed by atoms with Gasteiger partial charge in [0.15, 0.2) is 0 Å². The van der Waals surface area contributed by atoms with E-state index in [4.69, 9.17) is 5.11 Å². The molecule has 41 valence electrons. The fourth-order valence-corrected chi connectivity index (χ4v) is 0.839. The molecule has 1 nitrogen and oxygen atoms in total. The summed E-state index contributed by atoms with van der Waals surface area (Å²) < 4.78 is 0.941. The minimum atomic E-state index is -0.377. The fourth-order valence-electron chi connectivity index (χ4n) is 0.125. The third-order valence-electron chi connectivity index (χ3n) is 1.14. The van der Waals surface area contributed by atoms with Crippen LogP contribution in [-0.4, -0.2) is 33.2 Å². The van der Waals surface area contributed by atoms with Crippen molar-refractivity contribution in [1.29, 1.82) is 0 Å². The second-order valence-electron chi connectivity index (χ2n) is 2.03. The van der Waals surface area contributed by atoms with E-state index in [-0.39, 0.29) is 5.60 Å². The Morgan fingerprint density at radius 1 is 1.71 bits per heavy atom. The summed E-state index contributed by atoms with van der Waals surface area (Å²) in [6.07, 6.45) is 0.873. The molecule has 0 aromatic rings. The van der Waals surface area contributed by atoms with Crippen molar-refractivity contribution in [3.8, 4) is 0 Å². The monoisotopic (exact) mass is 207 g/mol. The molecular weight excluding hydrogens is 195 g/mol. The van der Waals surface area contributed by atoms with Crippen LogP contribution in [0.2, 0.25) is 4.44 Å². The van der Waals surface area contributed by atoms with Gasteiger partial charge in [-0.1, -0.05) is 0 Å². The summed E-state index contributed by atoms with van der Waals surface area (Å²) in [7, 11) is 0. The number of hydrogen-bond donors (Lipinski definition) is 1. The third kappa shape index (κ3) is 3.35. The molecule has 3 radical (unpaired) electrons. The molecular formula is C5H11OSn. The number of aliphatic hydroxyl groups is 1. The minimum absolute atomic E-state index is 0.377. The Labute approximate surface area is 58.2 Å². The molecule has 0 aromatic carbocycles. The first kappa shape index (κ1) is 7.76. The van der Waals surface area contributed by atoms with Crippen LogP contribution in [0.15, 0.2) is 0 Å². The van der Waals surface area contributed by atoms with Crippen molar-refractivity contribution in [2.24, 2.45) is 0 Å². The van der Waals surface area contributed by atoms with Gasteiger partial charge in [0.2, 0.25) is 0 Å². The predicted molar refractivity (Wildman–Crippen MR) is 31.5 cm³/mol. The molecule has 1 N–H and O–H groups in total. The van der Waals surface area contributed by atoms with E-state index in [1.807, 2.05) is 13.8 Å². The van der Waals surface area contributed by atoms with Gasteiger partial charge in [0, 0.05) is 0 Å². The molecule has 0 heterocycles. The van der Waals surface area contributed by atoms with E-state index < -0.39 is 0 Å². The van der Waals surface area contributed by atoms with E-state index >= 15 is 0 Å². The molecule has 0 fully saturated rings. The maximum absolute atomic E-state index is 9.15. The van der Waals surface area contributed by atoms with Gasteiger partial charge in [-0.05, 0) is 0 Å². The summed E-state index contributed by atoms with van der Waals surface area (Å²) in [5, 5.41) is 9.15. The van der Waals surface area contributed by atoms with Crippen LogP contribution in [0, 0.1) is 0 Å². The zero-order valence-corrected chi connectivity index (χ0v) is 7.72. The van der Waals surface area contributed by atoms with Gasteiger partial charge >= 0.3 is 57.9 Å². The number of hydrogen-bond acceptors (Lipinski definition) is 1. The molecule has 0 aliphatic heterocycles. The summed E-state index contributed by atoms with van der Waals surface area (Å²) in [4.78, 5) is 0.